The number of phenolic OH excluding ortho intramolecular Hbond substituents is 1. The van der Waals surface area contributed by atoms with Crippen LogP contribution >= 0.6 is 0 Å². The van der Waals surface area contributed by atoms with E-state index in [1.807, 2.05) is 0 Å². The number of carbonyl (C=O) groups is 2. The number of aromatic hydroxyl groups is 1. The first-order chi connectivity index (χ1) is 11.3. The molecule has 0 fully saturated rings. The summed E-state index contributed by atoms with van der Waals surface area (Å²) in [5, 5.41) is 29.3. The molecule has 0 amide bonds. The van der Waals surface area contributed by atoms with E-state index in [0.717, 1.165) is 0 Å². The van der Waals surface area contributed by atoms with Crippen molar-refractivity contribution in [3.05, 3.63) is 41.4 Å². The van der Waals surface area contributed by atoms with Crippen LogP contribution in [0.25, 0.3) is 6.08 Å². The molecular weight excluding hydrogens is 323 g/mol. The maximum absolute atomic E-state index is 13.6. The van der Waals surface area contributed by atoms with Crippen molar-refractivity contribution in [1.29, 1.82) is 0 Å². The number of methoxy groups -OCH3 is 1. The van der Waals surface area contributed by atoms with Crippen molar-refractivity contribution in [3.8, 4) is 11.5 Å². The molecule has 1 aliphatic heterocycles. The fraction of sp³-hybridized carbons (Fsp3) is 0.250. The first-order valence-electron chi connectivity index (χ1n) is 6.89. The lowest BCUT2D eigenvalue weighted by atomic mass is 10.0. The summed E-state index contributed by atoms with van der Waals surface area (Å²) in [4.78, 5) is 23.6. The van der Waals surface area contributed by atoms with E-state index >= 15 is 0 Å². The minimum absolute atomic E-state index is 0.188. The molecule has 1 aromatic carbocycles. The highest BCUT2D eigenvalue weighted by Crippen LogP contribution is 2.30. The highest BCUT2D eigenvalue weighted by atomic mass is 19.1. The van der Waals surface area contributed by atoms with Crippen LogP contribution < -0.4 is 4.74 Å². The van der Waals surface area contributed by atoms with Crippen molar-refractivity contribution in [2.45, 2.75) is 18.6 Å². The molecule has 0 spiro atoms. The summed E-state index contributed by atoms with van der Waals surface area (Å²) in [5.74, 6) is -4.25. The molecule has 0 aromatic heterocycles. The minimum atomic E-state index is -2.00. The van der Waals surface area contributed by atoms with E-state index in [1.54, 1.807) is 0 Å². The predicted octanol–water partition coefficient (Wildman–Crippen LogP) is 1.08. The van der Waals surface area contributed by atoms with E-state index < -0.39 is 35.5 Å². The van der Waals surface area contributed by atoms with Gasteiger partial charge in [-0.25, -0.2) is 4.79 Å². The van der Waals surface area contributed by atoms with Gasteiger partial charge in [0.25, 0.3) is 0 Å². The van der Waals surface area contributed by atoms with Crippen LogP contribution in [0.1, 0.15) is 22.3 Å². The van der Waals surface area contributed by atoms with E-state index in [4.69, 9.17) is 4.74 Å². The number of fused-ring (bicyclic) bond motifs is 1. The molecule has 2 atom stereocenters. The molecule has 0 saturated carbocycles. The van der Waals surface area contributed by atoms with Gasteiger partial charge < -0.3 is 24.8 Å². The third-order valence-electron chi connectivity index (χ3n) is 3.37. The van der Waals surface area contributed by atoms with Gasteiger partial charge >= 0.3 is 5.97 Å². The molecule has 1 aromatic rings. The van der Waals surface area contributed by atoms with E-state index in [2.05, 4.69) is 4.74 Å². The number of cyclic esters (lactones) is 1. The Morgan fingerprint density at radius 2 is 2.00 bits per heavy atom. The fourth-order valence-electron chi connectivity index (χ4n) is 2.10. The summed E-state index contributed by atoms with van der Waals surface area (Å²) in [6.07, 6.45) is -0.782. The molecule has 0 bridgehead atoms. The van der Waals surface area contributed by atoms with Crippen LogP contribution in [0.5, 0.6) is 11.5 Å². The van der Waals surface area contributed by atoms with Gasteiger partial charge in [0.2, 0.25) is 11.6 Å². The lowest BCUT2D eigenvalue weighted by Crippen LogP contribution is -2.34. The number of halogens is 1. The van der Waals surface area contributed by atoms with Crippen molar-refractivity contribution in [1.82, 2.24) is 0 Å². The van der Waals surface area contributed by atoms with Gasteiger partial charge in [0.05, 0.1) is 13.2 Å². The summed E-state index contributed by atoms with van der Waals surface area (Å²) in [6.45, 7) is 0. The summed E-state index contributed by atoms with van der Waals surface area (Å²) in [6, 6.07) is 2.59. The molecule has 1 aliphatic rings. The predicted molar refractivity (Wildman–Crippen MR) is 79.9 cm³/mol. The number of aliphatic hydroxyl groups is 2. The van der Waals surface area contributed by atoms with Gasteiger partial charge in [-0.3, -0.25) is 4.79 Å². The van der Waals surface area contributed by atoms with E-state index in [0.29, 0.717) is 0 Å². The second-order valence-electron chi connectivity index (χ2n) is 5.00. The Hall–Kier alpha value is -2.71. The molecule has 0 aliphatic carbocycles. The van der Waals surface area contributed by atoms with Crippen LogP contribution in [-0.2, 0) is 9.53 Å². The number of phenols is 1. The number of esters is 1. The van der Waals surface area contributed by atoms with Crippen LogP contribution in [0.15, 0.2) is 30.3 Å². The maximum atomic E-state index is 13.6. The number of hydrogen-bond donors (Lipinski definition) is 3. The topological polar surface area (TPSA) is 113 Å². The zero-order valence-electron chi connectivity index (χ0n) is 12.6. The Labute approximate surface area is 136 Å². The average molecular weight is 338 g/mol. The molecule has 8 heteroatoms. The number of ether oxygens (including phenoxy) is 2. The second-order valence-corrected chi connectivity index (χ2v) is 5.00. The standard InChI is InChI=1S/C16H15FO7/c1-23-9-5-8-3-2-4-11(18)15(21)14(20)10(17)7-24-16(22)13(8)12(19)6-9/h2-3,5-7,11,15,18-19,21H,4H2,1H3/b3-2+,10-7-/t11-,15-/m1/s1. The Morgan fingerprint density at radius 1 is 1.29 bits per heavy atom. The zero-order chi connectivity index (χ0) is 17.9. The summed E-state index contributed by atoms with van der Waals surface area (Å²) in [7, 11) is 1.36. The largest absolute Gasteiger partial charge is 0.507 e. The van der Waals surface area contributed by atoms with Gasteiger partial charge in [-0.15, -0.1) is 0 Å². The molecule has 0 unspecified atom stereocenters. The Balaban J connectivity index is 2.53. The fourth-order valence-corrected chi connectivity index (χ4v) is 2.10. The number of hydrogen-bond acceptors (Lipinski definition) is 7. The maximum Gasteiger partial charge on any atom is 0.347 e. The number of benzene rings is 1. The smallest absolute Gasteiger partial charge is 0.347 e. The molecule has 1 heterocycles. The Morgan fingerprint density at radius 3 is 2.67 bits per heavy atom. The third kappa shape index (κ3) is 3.61. The molecular formula is C16H15FO7. The van der Waals surface area contributed by atoms with Crippen molar-refractivity contribution in [3.63, 3.8) is 0 Å². The van der Waals surface area contributed by atoms with E-state index in [-0.39, 0.29) is 29.6 Å². The van der Waals surface area contributed by atoms with Gasteiger partial charge in [-0.2, -0.15) is 4.39 Å². The third-order valence-corrected chi connectivity index (χ3v) is 3.37. The number of rotatable bonds is 1. The number of ketones is 1. The van der Waals surface area contributed by atoms with Gasteiger partial charge in [-0.05, 0) is 18.1 Å². The van der Waals surface area contributed by atoms with Gasteiger partial charge in [0, 0.05) is 6.07 Å². The summed E-state index contributed by atoms with van der Waals surface area (Å²) < 4.78 is 23.1. The molecule has 0 radical (unpaired) electrons. The average Bonchev–Trinajstić information content (AvgIpc) is 2.56. The van der Waals surface area contributed by atoms with Crippen LogP contribution in [0.2, 0.25) is 0 Å². The second kappa shape index (κ2) is 7.24. The van der Waals surface area contributed by atoms with Crippen molar-refractivity contribution < 1.29 is 38.8 Å². The first-order valence-corrected chi connectivity index (χ1v) is 6.89. The normalized spacial score (nSPS) is 25.4. The number of carbonyl (C=O) groups excluding carboxylic acids is 2. The Kier molecular flexibility index (Phi) is 5.32. The zero-order valence-corrected chi connectivity index (χ0v) is 12.6. The molecule has 2 rings (SSSR count). The molecule has 3 N–H and O–H groups in total. The van der Waals surface area contributed by atoms with Gasteiger partial charge in [0.1, 0.15) is 29.4 Å². The monoisotopic (exact) mass is 338 g/mol. The molecule has 24 heavy (non-hydrogen) atoms. The molecule has 0 saturated heterocycles. The number of aliphatic hydroxyl groups excluding tert-OH is 2. The summed E-state index contributed by atoms with van der Waals surface area (Å²) >= 11 is 0. The quantitative estimate of drug-likeness (QED) is 0.657. The van der Waals surface area contributed by atoms with E-state index in [1.165, 1.54) is 31.4 Å². The highest BCUT2D eigenvalue weighted by molar-refractivity contribution is 5.99. The van der Waals surface area contributed by atoms with Crippen molar-refractivity contribution >= 4 is 17.8 Å². The van der Waals surface area contributed by atoms with Gasteiger partial charge in [0.15, 0.2) is 0 Å². The lowest BCUT2D eigenvalue weighted by molar-refractivity contribution is -0.130. The van der Waals surface area contributed by atoms with Gasteiger partial charge in [-0.1, -0.05) is 12.2 Å². The van der Waals surface area contributed by atoms with Crippen LogP contribution in [-0.4, -0.2) is 46.4 Å². The molecule has 128 valence electrons. The molecule has 7 nitrogen and oxygen atoms in total. The number of Topliss-reactive ketones (excluding diaryl/α,β-unsaturated/α-hetero) is 1. The SMILES string of the molecule is COc1cc(O)c2c(c1)/C=C/C[C@@H](O)[C@@H](O)C(=O)/C(F)=C/OC2=O. The minimum Gasteiger partial charge on any atom is -0.507 e. The van der Waals surface area contributed by atoms with E-state index in [9.17, 15) is 29.3 Å². The first kappa shape index (κ1) is 17.6. The lowest BCUT2D eigenvalue weighted by Gasteiger charge is -2.15. The van der Waals surface area contributed by atoms with Crippen molar-refractivity contribution in [2.24, 2.45) is 0 Å². The van der Waals surface area contributed by atoms with Crippen LogP contribution in [0, 0.1) is 0 Å². The summed E-state index contributed by atoms with van der Waals surface area (Å²) in [5.41, 5.74) is -0.0709. The Bertz CT molecular complexity index is 723. The van der Waals surface area contributed by atoms with Crippen LogP contribution in [0.4, 0.5) is 4.39 Å². The van der Waals surface area contributed by atoms with Crippen molar-refractivity contribution in [2.75, 3.05) is 7.11 Å². The van der Waals surface area contributed by atoms with Crippen LogP contribution in [0.3, 0.4) is 0 Å². The highest BCUT2D eigenvalue weighted by Gasteiger charge is 2.28.